The molecule has 0 unspecified atom stereocenters. The van der Waals surface area contributed by atoms with Crippen LogP contribution in [0.25, 0.3) is 11.2 Å². The van der Waals surface area contributed by atoms with E-state index < -0.39 is 16.4 Å². The van der Waals surface area contributed by atoms with Gasteiger partial charge in [-0.2, -0.15) is 8.42 Å². The van der Waals surface area contributed by atoms with E-state index in [1.165, 1.54) is 32.3 Å². The van der Waals surface area contributed by atoms with Gasteiger partial charge >= 0.3 is 22.3 Å². The van der Waals surface area contributed by atoms with E-state index in [-0.39, 0.29) is 41.5 Å². The van der Waals surface area contributed by atoms with Crippen molar-refractivity contribution < 1.29 is 42.1 Å². The van der Waals surface area contributed by atoms with Gasteiger partial charge in [0.2, 0.25) is 0 Å². The summed E-state index contributed by atoms with van der Waals surface area (Å²) >= 11 is 0. The molecule has 0 saturated heterocycles. The van der Waals surface area contributed by atoms with Gasteiger partial charge < -0.3 is 30.6 Å². The topological polar surface area (TPSA) is 242 Å². The van der Waals surface area contributed by atoms with Crippen molar-refractivity contribution in [3.05, 3.63) is 54.3 Å². The fourth-order valence-corrected chi connectivity index (χ4v) is 3.25. The number of esters is 1. The first-order chi connectivity index (χ1) is 20.9. The van der Waals surface area contributed by atoms with Crippen molar-refractivity contribution >= 4 is 51.7 Å². The lowest BCUT2D eigenvalue weighted by Crippen LogP contribution is -2.21. The van der Waals surface area contributed by atoms with Crippen molar-refractivity contribution in [2.45, 2.75) is 73.6 Å². The second kappa shape index (κ2) is 24.4. The van der Waals surface area contributed by atoms with Gasteiger partial charge in [0.1, 0.15) is 23.2 Å². The monoisotopic (exact) mass is 692 g/mol. The highest BCUT2D eigenvalue weighted by Gasteiger charge is 2.18. The number of fused-ring (bicyclic) bond motifs is 1. The summed E-state index contributed by atoms with van der Waals surface area (Å²) in [6.45, 7) is 22.9. The molecule has 0 aliphatic rings. The van der Waals surface area contributed by atoms with Crippen LogP contribution in [0.4, 0.5) is 5.82 Å². The third kappa shape index (κ3) is 20.2. The number of nitrogens with two attached hydrogens (primary N) is 1. The number of carboxylic acids is 1. The lowest BCUT2D eigenvalue weighted by Gasteiger charge is -2.15. The number of aromatic hydroxyl groups is 1. The number of carbonyl (C=O) groups excluding carboxylic acids is 1. The van der Waals surface area contributed by atoms with Gasteiger partial charge in [-0.15, -0.1) is 12.4 Å². The van der Waals surface area contributed by atoms with Crippen LogP contribution in [-0.4, -0.2) is 84.1 Å². The van der Waals surface area contributed by atoms with Gasteiger partial charge in [0.15, 0.2) is 11.5 Å². The van der Waals surface area contributed by atoms with Crippen LogP contribution < -0.4 is 5.73 Å². The standard InChI is InChI=1S/C13H18O3.C6H15N.C5H5N5.C5H8O2.ClH.H2O4S/c1-7(2)9-5-10(8(3)4)12(14)11(6-9)13(15)16;1-4-7(5-2)6-3;6-4-3-5(9-1-7-3)10-2-8-4;1-3-5(6)7-4-2;;1-5(2,3)4/h5-8,14H,1-4H3,(H,15,16);4-6H2,1-3H3;1-2H,(H3,6,7,8,9,10);4H,2-3H2,1H3;1H;(H2,1,2,3,4). The number of hydrogen-bond acceptors (Lipinski definition) is 11. The molecular formula is C29H49ClN6O9S. The molecule has 262 valence electrons. The van der Waals surface area contributed by atoms with Crippen LogP contribution >= 0.6 is 12.4 Å². The first-order valence-corrected chi connectivity index (χ1v) is 15.5. The Labute approximate surface area is 277 Å². The van der Waals surface area contributed by atoms with Crippen molar-refractivity contribution in [2.24, 2.45) is 0 Å². The van der Waals surface area contributed by atoms with Crippen LogP contribution in [-0.2, 0) is 19.9 Å². The van der Waals surface area contributed by atoms with Crippen molar-refractivity contribution in [2.75, 3.05) is 25.4 Å². The number of aromatic carboxylic acids is 1. The van der Waals surface area contributed by atoms with Crippen molar-refractivity contribution in [1.82, 2.24) is 24.8 Å². The van der Waals surface area contributed by atoms with Crippen LogP contribution in [0.15, 0.2) is 37.6 Å². The molecule has 0 saturated carbocycles. The highest BCUT2D eigenvalue weighted by molar-refractivity contribution is 7.79. The summed E-state index contributed by atoms with van der Waals surface area (Å²) in [5.41, 5.74) is 8.42. The van der Waals surface area contributed by atoms with Gasteiger partial charge in [-0.25, -0.2) is 19.7 Å². The molecule has 0 radical (unpaired) electrons. The number of aromatic nitrogens is 4. The second-order valence-electron chi connectivity index (χ2n) is 9.56. The predicted octanol–water partition coefficient (Wildman–Crippen LogP) is 5.47. The number of rotatable bonds is 8. The summed E-state index contributed by atoms with van der Waals surface area (Å²) in [6.07, 6.45) is 4.46. The number of nitrogens with one attached hydrogen (secondary N) is 1. The van der Waals surface area contributed by atoms with Gasteiger partial charge in [0, 0.05) is 6.42 Å². The Morgan fingerprint density at radius 2 is 1.54 bits per heavy atom. The van der Waals surface area contributed by atoms with Crippen LogP contribution in [0.2, 0.25) is 0 Å². The van der Waals surface area contributed by atoms with E-state index in [4.69, 9.17) is 28.4 Å². The Kier molecular flexibility index (Phi) is 24.7. The number of nitrogen functional groups attached to an aromatic ring is 1. The van der Waals surface area contributed by atoms with Crippen LogP contribution in [0, 0.1) is 0 Å². The zero-order valence-corrected chi connectivity index (χ0v) is 29.2. The Hall–Kier alpha value is -3.83. The van der Waals surface area contributed by atoms with E-state index in [9.17, 15) is 14.7 Å². The summed E-state index contributed by atoms with van der Waals surface area (Å²) in [5.74, 6) is -0.640. The maximum atomic E-state index is 11.0. The first kappa shape index (κ1) is 46.6. The average molecular weight is 693 g/mol. The van der Waals surface area contributed by atoms with E-state index >= 15 is 0 Å². The number of nitrogens with zero attached hydrogens (tertiary/aromatic N) is 4. The van der Waals surface area contributed by atoms with Gasteiger partial charge in [-0.1, -0.05) is 68.0 Å². The zero-order chi connectivity index (χ0) is 35.3. The summed E-state index contributed by atoms with van der Waals surface area (Å²) in [5, 5.41) is 18.9. The van der Waals surface area contributed by atoms with Crippen molar-refractivity contribution in [3.63, 3.8) is 0 Å². The summed E-state index contributed by atoms with van der Waals surface area (Å²) < 4.78 is 35.9. The molecule has 0 spiro atoms. The number of carboxylic acid groups (broad SMARTS) is 1. The van der Waals surface area contributed by atoms with E-state index in [0.717, 1.165) is 11.8 Å². The highest BCUT2D eigenvalue weighted by atomic mass is 35.5. The predicted molar refractivity (Wildman–Crippen MR) is 181 cm³/mol. The summed E-state index contributed by atoms with van der Waals surface area (Å²) in [4.78, 5) is 37.9. The number of imidazole rings is 1. The Bertz CT molecular complexity index is 1420. The number of carbonyl (C=O) groups is 2. The SMILES string of the molecule is C=COC(=O)CC.CC(C)c1cc(C(=O)O)c(O)c(C(C)C)c1.CCN(CC)CC.Cl.Nc1ncnc2nc[nH]c12.O=S(=O)(O)O. The Balaban J connectivity index is -0.000000535. The summed E-state index contributed by atoms with van der Waals surface area (Å²) in [6, 6.07) is 3.44. The normalized spacial score (nSPS) is 10.1. The van der Waals surface area contributed by atoms with Crippen molar-refractivity contribution in [3.8, 4) is 5.75 Å². The van der Waals surface area contributed by atoms with Crippen LogP contribution in [0.3, 0.4) is 0 Å². The lowest BCUT2D eigenvalue weighted by atomic mass is 9.92. The fourth-order valence-electron chi connectivity index (χ4n) is 3.25. The molecule has 3 aromatic rings. The van der Waals surface area contributed by atoms with Crippen LogP contribution in [0.1, 0.15) is 95.1 Å². The molecule has 17 heteroatoms. The maximum Gasteiger partial charge on any atom is 0.394 e. The molecule has 0 aliphatic heterocycles. The minimum absolute atomic E-state index is 0. The molecule has 15 nitrogen and oxygen atoms in total. The molecular weight excluding hydrogens is 644 g/mol. The lowest BCUT2D eigenvalue weighted by molar-refractivity contribution is -0.137. The molecule has 46 heavy (non-hydrogen) atoms. The molecule has 1 aromatic carbocycles. The molecule has 0 bridgehead atoms. The Morgan fingerprint density at radius 3 is 1.87 bits per heavy atom. The molecule has 2 aromatic heterocycles. The van der Waals surface area contributed by atoms with Gasteiger partial charge in [-0.3, -0.25) is 13.9 Å². The quantitative estimate of drug-likeness (QED) is 0.0974. The molecule has 0 fully saturated rings. The average Bonchev–Trinajstić information content (AvgIpc) is 3.44. The molecule has 0 atom stereocenters. The summed E-state index contributed by atoms with van der Waals surface area (Å²) in [7, 11) is -4.67. The molecule has 7 N–H and O–H groups in total. The minimum atomic E-state index is -4.67. The van der Waals surface area contributed by atoms with E-state index in [0.29, 0.717) is 29.0 Å². The van der Waals surface area contributed by atoms with E-state index in [1.807, 2.05) is 33.8 Å². The largest absolute Gasteiger partial charge is 0.507 e. The third-order valence-electron chi connectivity index (χ3n) is 5.78. The zero-order valence-electron chi connectivity index (χ0n) is 27.6. The molecule has 0 amide bonds. The molecule has 3 rings (SSSR count). The highest BCUT2D eigenvalue weighted by Crippen LogP contribution is 2.32. The number of halogens is 1. The number of hydrogen-bond donors (Lipinski definition) is 6. The van der Waals surface area contributed by atoms with E-state index in [1.54, 1.807) is 13.0 Å². The number of ether oxygens (including phenoxy) is 1. The van der Waals surface area contributed by atoms with Gasteiger partial charge in [0.25, 0.3) is 0 Å². The Morgan fingerprint density at radius 1 is 1.02 bits per heavy atom. The fraction of sp³-hybridized carbons (Fsp3) is 0.483. The molecule has 2 heterocycles. The second-order valence-corrected chi connectivity index (χ2v) is 10.5. The van der Waals surface area contributed by atoms with Crippen LogP contribution in [0.5, 0.6) is 5.75 Å². The smallest absolute Gasteiger partial charge is 0.394 e. The first-order valence-electron chi connectivity index (χ1n) is 14.1. The van der Waals surface area contributed by atoms with Crippen molar-refractivity contribution in [1.29, 1.82) is 0 Å². The van der Waals surface area contributed by atoms with E-state index in [2.05, 4.69) is 56.9 Å². The number of phenols is 1. The number of benzene rings is 1. The third-order valence-corrected chi connectivity index (χ3v) is 5.78. The number of aromatic amines is 1. The maximum absolute atomic E-state index is 11.0. The van der Waals surface area contributed by atoms with Gasteiger partial charge in [-0.05, 0) is 48.7 Å². The molecule has 0 aliphatic carbocycles. The minimum Gasteiger partial charge on any atom is -0.507 e. The number of H-pyrrole nitrogens is 1. The number of anilines is 1. The van der Waals surface area contributed by atoms with Gasteiger partial charge in [0.05, 0.1) is 12.6 Å².